The van der Waals surface area contributed by atoms with Crippen molar-refractivity contribution in [1.29, 1.82) is 0 Å². The molecule has 0 heterocycles. The first-order chi connectivity index (χ1) is 11.1. The van der Waals surface area contributed by atoms with Crippen molar-refractivity contribution in [2.45, 2.75) is 40.0 Å². The average Bonchev–Trinajstić information content (AvgIpc) is 2.44. The highest BCUT2D eigenvalue weighted by molar-refractivity contribution is 9.11. The SMILES string of the molecule is C#Cc1cc(Br)c(C(=O)c2c(C)cc(C(C)(C)C)cc2C)c(Br)c1. The molecule has 2 rings (SSSR count). The van der Waals surface area contributed by atoms with Gasteiger partial charge in [0.25, 0.3) is 0 Å². The summed E-state index contributed by atoms with van der Waals surface area (Å²) in [5.41, 5.74) is 5.33. The van der Waals surface area contributed by atoms with E-state index in [0.29, 0.717) is 14.5 Å². The second-order valence-corrected chi connectivity index (χ2v) is 8.73. The molecule has 2 aromatic carbocycles. The van der Waals surface area contributed by atoms with E-state index in [9.17, 15) is 4.79 Å². The smallest absolute Gasteiger partial charge is 0.195 e. The van der Waals surface area contributed by atoms with Crippen LogP contribution in [0.5, 0.6) is 0 Å². The first kappa shape index (κ1) is 19.0. The van der Waals surface area contributed by atoms with Gasteiger partial charge in [-0.3, -0.25) is 4.79 Å². The highest BCUT2D eigenvalue weighted by atomic mass is 79.9. The number of hydrogen-bond donors (Lipinski definition) is 0. The minimum absolute atomic E-state index is 0.00668. The molecular formula is C21H20Br2O. The van der Waals surface area contributed by atoms with Gasteiger partial charge >= 0.3 is 0 Å². The first-order valence-corrected chi connectivity index (χ1v) is 9.27. The fraction of sp³-hybridized carbons (Fsp3) is 0.286. The Kier molecular flexibility index (Phi) is 5.42. The Balaban J connectivity index is 2.62. The molecule has 0 spiro atoms. The number of halogens is 2. The van der Waals surface area contributed by atoms with Crippen LogP contribution < -0.4 is 0 Å². The lowest BCUT2D eigenvalue weighted by molar-refractivity contribution is 0.103. The van der Waals surface area contributed by atoms with Gasteiger partial charge in [-0.2, -0.15) is 0 Å². The van der Waals surface area contributed by atoms with E-state index in [-0.39, 0.29) is 11.2 Å². The fourth-order valence-corrected chi connectivity index (χ4v) is 4.30. The molecule has 0 unspecified atom stereocenters. The number of rotatable bonds is 2. The predicted octanol–water partition coefficient (Wildman–Crippen LogP) is 6.34. The normalized spacial score (nSPS) is 11.2. The zero-order chi connectivity index (χ0) is 18.2. The van der Waals surface area contributed by atoms with Crippen LogP contribution in [0.3, 0.4) is 0 Å². The van der Waals surface area contributed by atoms with E-state index < -0.39 is 0 Å². The second kappa shape index (κ2) is 6.86. The van der Waals surface area contributed by atoms with Crippen LogP contribution in [0.2, 0.25) is 0 Å². The number of terminal acetylenes is 1. The van der Waals surface area contributed by atoms with Gasteiger partial charge in [0.15, 0.2) is 5.78 Å². The van der Waals surface area contributed by atoms with Crippen molar-refractivity contribution in [1.82, 2.24) is 0 Å². The molecule has 0 saturated heterocycles. The molecule has 0 amide bonds. The van der Waals surface area contributed by atoms with E-state index in [1.165, 1.54) is 5.56 Å². The summed E-state index contributed by atoms with van der Waals surface area (Å²) >= 11 is 6.97. The van der Waals surface area contributed by atoms with E-state index in [2.05, 4.69) is 70.7 Å². The molecule has 1 nitrogen and oxygen atoms in total. The molecule has 0 aliphatic carbocycles. The van der Waals surface area contributed by atoms with Gasteiger partial charge in [-0.15, -0.1) is 6.42 Å². The van der Waals surface area contributed by atoms with E-state index in [0.717, 1.165) is 22.3 Å². The Morgan fingerprint density at radius 3 is 1.79 bits per heavy atom. The van der Waals surface area contributed by atoms with Crippen molar-refractivity contribution in [3.05, 3.63) is 66.6 Å². The summed E-state index contributed by atoms with van der Waals surface area (Å²) in [5, 5.41) is 0. The highest BCUT2D eigenvalue weighted by Crippen LogP contribution is 2.33. The number of ketones is 1. The Morgan fingerprint density at radius 2 is 1.42 bits per heavy atom. The van der Waals surface area contributed by atoms with E-state index in [4.69, 9.17) is 6.42 Å². The Labute approximate surface area is 161 Å². The molecule has 0 aliphatic heterocycles. The van der Waals surface area contributed by atoms with Gasteiger partial charge in [0.2, 0.25) is 0 Å². The Morgan fingerprint density at radius 1 is 0.958 bits per heavy atom. The predicted molar refractivity (Wildman–Crippen MR) is 108 cm³/mol. The topological polar surface area (TPSA) is 17.1 Å². The van der Waals surface area contributed by atoms with E-state index in [1.54, 1.807) is 12.1 Å². The minimum Gasteiger partial charge on any atom is -0.289 e. The van der Waals surface area contributed by atoms with Gasteiger partial charge < -0.3 is 0 Å². The van der Waals surface area contributed by atoms with Crippen LogP contribution in [0.1, 0.15) is 58.9 Å². The second-order valence-electron chi connectivity index (χ2n) is 7.02. The lowest BCUT2D eigenvalue weighted by Crippen LogP contribution is -2.15. The van der Waals surface area contributed by atoms with Crippen LogP contribution in [-0.4, -0.2) is 5.78 Å². The molecule has 0 atom stereocenters. The van der Waals surface area contributed by atoms with Crippen molar-refractivity contribution in [3.63, 3.8) is 0 Å². The number of benzene rings is 2. The van der Waals surface area contributed by atoms with Gasteiger partial charge in [-0.05, 0) is 79.9 Å². The van der Waals surface area contributed by atoms with Gasteiger partial charge in [-0.1, -0.05) is 38.8 Å². The third-order valence-electron chi connectivity index (χ3n) is 4.06. The van der Waals surface area contributed by atoms with Crippen molar-refractivity contribution in [3.8, 4) is 12.3 Å². The average molecular weight is 448 g/mol. The van der Waals surface area contributed by atoms with Crippen molar-refractivity contribution in [2.24, 2.45) is 0 Å². The number of carbonyl (C=O) groups excluding carboxylic acids is 1. The summed E-state index contributed by atoms with van der Waals surface area (Å²) in [4.78, 5) is 13.2. The van der Waals surface area contributed by atoms with E-state index in [1.807, 2.05) is 13.8 Å². The lowest BCUT2D eigenvalue weighted by Gasteiger charge is -2.22. The van der Waals surface area contributed by atoms with Gasteiger partial charge in [0, 0.05) is 20.1 Å². The van der Waals surface area contributed by atoms with Crippen LogP contribution in [0, 0.1) is 26.2 Å². The largest absolute Gasteiger partial charge is 0.289 e. The number of hydrogen-bond acceptors (Lipinski definition) is 1. The Bertz CT molecular complexity index is 818. The van der Waals surface area contributed by atoms with Crippen LogP contribution in [0.4, 0.5) is 0 Å². The summed E-state index contributed by atoms with van der Waals surface area (Å²) in [6.45, 7) is 10.5. The quantitative estimate of drug-likeness (QED) is 0.387. The minimum atomic E-state index is -0.00668. The summed E-state index contributed by atoms with van der Waals surface area (Å²) < 4.78 is 1.40. The number of carbonyl (C=O) groups is 1. The van der Waals surface area contributed by atoms with Crippen LogP contribution in [0.15, 0.2) is 33.2 Å². The Hall–Kier alpha value is -1.37. The first-order valence-electron chi connectivity index (χ1n) is 7.68. The summed E-state index contributed by atoms with van der Waals surface area (Å²) in [6.07, 6.45) is 5.45. The monoisotopic (exact) mass is 446 g/mol. The summed E-state index contributed by atoms with van der Waals surface area (Å²) in [6, 6.07) is 7.81. The molecule has 0 fully saturated rings. The third kappa shape index (κ3) is 3.66. The molecule has 3 heteroatoms. The van der Waals surface area contributed by atoms with Crippen LogP contribution >= 0.6 is 31.9 Å². The lowest BCUT2D eigenvalue weighted by atomic mass is 9.82. The van der Waals surface area contributed by atoms with Gasteiger partial charge in [0.1, 0.15) is 0 Å². The van der Waals surface area contributed by atoms with Crippen LogP contribution in [-0.2, 0) is 5.41 Å². The molecule has 0 aromatic heterocycles. The molecule has 24 heavy (non-hydrogen) atoms. The molecule has 0 bridgehead atoms. The maximum absolute atomic E-state index is 13.2. The fourth-order valence-electron chi connectivity index (χ4n) is 2.75. The van der Waals surface area contributed by atoms with E-state index >= 15 is 0 Å². The van der Waals surface area contributed by atoms with Crippen LogP contribution in [0.25, 0.3) is 0 Å². The number of aryl methyl sites for hydroxylation is 2. The zero-order valence-electron chi connectivity index (χ0n) is 14.6. The standard InChI is InChI=1S/C21H20Br2O/c1-7-14-10-16(22)19(17(23)11-14)20(24)18-12(2)8-15(9-13(18)3)21(4,5)6/h1,8-11H,2-6H3. The van der Waals surface area contributed by atoms with Crippen molar-refractivity contribution in [2.75, 3.05) is 0 Å². The zero-order valence-corrected chi connectivity index (χ0v) is 17.7. The maximum Gasteiger partial charge on any atom is 0.195 e. The molecule has 0 N–H and O–H groups in total. The van der Waals surface area contributed by atoms with Crippen molar-refractivity contribution < 1.29 is 4.79 Å². The maximum atomic E-state index is 13.2. The molecule has 0 saturated carbocycles. The highest BCUT2D eigenvalue weighted by Gasteiger charge is 2.23. The summed E-state index contributed by atoms with van der Waals surface area (Å²) in [7, 11) is 0. The summed E-state index contributed by atoms with van der Waals surface area (Å²) in [5.74, 6) is 2.58. The third-order valence-corrected chi connectivity index (χ3v) is 5.31. The van der Waals surface area contributed by atoms with Crippen molar-refractivity contribution >= 4 is 37.6 Å². The molecule has 0 aliphatic rings. The molecular weight excluding hydrogens is 428 g/mol. The van der Waals surface area contributed by atoms with Gasteiger partial charge in [0.05, 0.1) is 5.56 Å². The molecule has 2 aromatic rings. The van der Waals surface area contributed by atoms with Gasteiger partial charge in [-0.25, -0.2) is 0 Å². The molecule has 124 valence electrons. The molecule has 0 radical (unpaired) electrons.